The van der Waals surface area contributed by atoms with Crippen LogP contribution in [0.2, 0.25) is 0 Å². The Morgan fingerprint density at radius 1 is 1.37 bits per heavy atom. The lowest BCUT2D eigenvalue weighted by Gasteiger charge is -2.12. The van der Waals surface area contributed by atoms with Gasteiger partial charge in [-0.25, -0.2) is 0 Å². The lowest BCUT2D eigenvalue weighted by Crippen LogP contribution is -2.10. The highest BCUT2D eigenvalue weighted by atomic mass is 19.4. The molecule has 0 saturated heterocycles. The van der Waals surface area contributed by atoms with Gasteiger partial charge < -0.3 is 0 Å². The van der Waals surface area contributed by atoms with E-state index in [4.69, 9.17) is 0 Å². The Balaban J connectivity index is 3.30. The van der Waals surface area contributed by atoms with E-state index >= 15 is 0 Å². The van der Waals surface area contributed by atoms with Gasteiger partial charge in [-0.05, 0) is 36.6 Å². The lowest BCUT2D eigenvalue weighted by atomic mass is 9.96. The van der Waals surface area contributed by atoms with Gasteiger partial charge in [-0.3, -0.25) is 0 Å². The van der Waals surface area contributed by atoms with Crippen LogP contribution in [0, 0.1) is 0 Å². The van der Waals surface area contributed by atoms with Crippen LogP contribution >= 0.6 is 0 Å². The van der Waals surface area contributed by atoms with Crippen LogP contribution < -0.4 is 0 Å². The second-order valence-corrected chi connectivity index (χ2v) is 3.89. The van der Waals surface area contributed by atoms with Crippen molar-refractivity contribution >= 4 is 5.57 Å². The molecule has 0 aliphatic carbocycles. The fourth-order valence-electron chi connectivity index (χ4n) is 1.51. The minimum absolute atomic E-state index is 0.433. The molecule has 1 aromatic heterocycles. The van der Waals surface area contributed by atoms with E-state index in [1.54, 1.807) is 6.07 Å². The second-order valence-electron chi connectivity index (χ2n) is 3.89. The summed E-state index contributed by atoms with van der Waals surface area (Å²) >= 11 is 0. The zero-order valence-corrected chi connectivity index (χ0v) is 10.8. The molecule has 5 heteroatoms. The molecule has 0 spiro atoms. The molecular weight excluding hydrogens is 253 g/mol. The maximum Gasteiger partial charge on any atom is 0.416 e. The molecule has 0 atom stereocenters. The highest BCUT2D eigenvalue weighted by Crippen LogP contribution is 2.32. The topological polar surface area (TPSA) is 25.8 Å². The summed E-state index contributed by atoms with van der Waals surface area (Å²) < 4.78 is 38.4. The van der Waals surface area contributed by atoms with E-state index in [-0.39, 0.29) is 0 Å². The SMILES string of the molecule is C=C(CC)/C(=C\C(=C/C)C(F)(F)F)c1ccnnc1. The minimum Gasteiger partial charge on any atom is -0.166 e. The number of hydrogen-bond donors (Lipinski definition) is 0. The largest absolute Gasteiger partial charge is 0.416 e. The standard InChI is InChI=1S/C14H15F3N2/c1-4-10(3)13(11-6-7-18-19-9-11)8-12(5-2)14(15,16)17/h5-9H,3-4H2,1-2H3/b12-5+,13-8+. The van der Waals surface area contributed by atoms with Crippen molar-refractivity contribution in [3.8, 4) is 0 Å². The summed E-state index contributed by atoms with van der Waals surface area (Å²) in [5, 5.41) is 7.30. The first-order chi connectivity index (χ1) is 8.90. The summed E-state index contributed by atoms with van der Waals surface area (Å²) in [5.74, 6) is 0. The maximum absolute atomic E-state index is 12.8. The van der Waals surface area contributed by atoms with E-state index < -0.39 is 11.7 Å². The fourth-order valence-corrected chi connectivity index (χ4v) is 1.51. The molecule has 0 aliphatic heterocycles. The third-order valence-electron chi connectivity index (χ3n) is 2.64. The van der Waals surface area contributed by atoms with Crippen LogP contribution in [-0.4, -0.2) is 16.4 Å². The minimum atomic E-state index is -4.38. The van der Waals surface area contributed by atoms with E-state index in [9.17, 15) is 13.2 Å². The van der Waals surface area contributed by atoms with Gasteiger partial charge in [-0.2, -0.15) is 23.4 Å². The Kier molecular flexibility index (Phi) is 5.03. The molecular formula is C14H15F3N2. The quantitative estimate of drug-likeness (QED) is 0.759. The number of halogens is 3. The van der Waals surface area contributed by atoms with Gasteiger partial charge in [0.15, 0.2) is 0 Å². The van der Waals surface area contributed by atoms with Crippen LogP contribution in [0.3, 0.4) is 0 Å². The first-order valence-electron chi connectivity index (χ1n) is 5.80. The number of aromatic nitrogens is 2. The van der Waals surface area contributed by atoms with E-state index in [0.717, 1.165) is 12.2 Å². The molecule has 0 fully saturated rings. The van der Waals surface area contributed by atoms with Gasteiger partial charge in [0.2, 0.25) is 0 Å². The van der Waals surface area contributed by atoms with Crippen molar-refractivity contribution in [2.45, 2.75) is 26.4 Å². The van der Waals surface area contributed by atoms with Crippen molar-refractivity contribution < 1.29 is 13.2 Å². The molecule has 0 aromatic carbocycles. The van der Waals surface area contributed by atoms with Gasteiger partial charge >= 0.3 is 6.18 Å². The van der Waals surface area contributed by atoms with Gasteiger partial charge in [-0.15, -0.1) is 0 Å². The van der Waals surface area contributed by atoms with Crippen LogP contribution in [0.4, 0.5) is 13.2 Å². The predicted octanol–water partition coefficient (Wildman–Crippen LogP) is 4.33. The van der Waals surface area contributed by atoms with Gasteiger partial charge in [0.25, 0.3) is 0 Å². The van der Waals surface area contributed by atoms with Gasteiger partial charge in [0.1, 0.15) is 0 Å². The molecule has 0 amide bonds. The maximum atomic E-state index is 12.8. The van der Waals surface area contributed by atoms with Crippen molar-refractivity contribution in [1.82, 2.24) is 10.2 Å². The molecule has 0 saturated carbocycles. The summed E-state index contributed by atoms with van der Waals surface area (Å²) in [6.07, 6.45) is 1.18. The molecule has 102 valence electrons. The molecule has 19 heavy (non-hydrogen) atoms. The number of nitrogens with zero attached hydrogens (tertiary/aromatic N) is 2. The summed E-state index contributed by atoms with van der Waals surface area (Å²) in [5.41, 5.74) is 0.929. The van der Waals surface area contributed by atoms with Crippen molar-refractivity contribution in [1.29, 1.82) is 0 Å². The smallest absolute Gasteiger partial charge is 0.166 e. The highest BCUT2D eigenvalue weighted by Gasteiger charge is 2.31. The zero-order chi connectivity index (χ0) is 14.5. The molecule has 1 rings (SSSR count). The normalized spacial score (nSPS) is 13.5. The Morgan fingerprint density at radius 2 is 2.05 bits per heavy atom. The Hall–Kier alpha value is -1.91. The van der Waals surface area contributed by atoms with Crippen molar-refractivity contribution in [3.63, 3.8) is 0 Å². The monoisotopic (exact) mass is 268 g/mol. The third-order valence-corrected chi connectivity index (χ3v) is 2.64. The van der Waals surface area contributed by atoms with Crippen LogP contribution in [0.1, 0.15) is 25.8 Å². The molecule has 0 N–H and O–H groups in total. The van der Waals surface area contributed by atoms with Gasteiger partial charge in [0, 0.05) is 5.56 Å². The Morgan fingerprint density at radius 3 is 2.47 bits per heavy atom. The first-order valence-corrected chi connectivity index (χ1v) is 5.80. The fraction of sp³-hybridized carbons (Fsp3) is 0.286. The Bertz CT molecular complexity index is 499. The molecule has 0 aliphatic rings. The van der Waals surface area contributed by atoms with E-state index in [1.165, 1.54) is 19.3 Å². The molecule has 2 nitrogen and oxygen atoms in total. The van der Waals surface area contributed by atoms with Crippen LogP contribution in [0.5, 0.6) is 0 Å². The van der Waals surface area contributed by atoms with E-state index in [2.05, 4.69) is 16.8 Å². The predicted molar refractivity (Wildman–Crippen MR) is 69.3 cm³/mol. The van der Waals surface area contributed by atoms with Crippen LogP contribution in [-0.2, 0) is 0 Å². The number of hydrogen-bond acceptors (Lipinski definition) is 2. The van der Waals surface area contributed by atoms with Crippen LogP contribution in [0.25, 0.3) is 5.57 Å². The zero-order valence-electron chi connectivity index (χ0n) is 10.8. The van der Waals surface area contributed by atoms with Gasteiger partial charge in [0.05, 0.1) is 18.0 Å². The second kappa shape index (κ2) is 6.31. The summed E-state index contributed by atoms with van der Waals surface area (Å²) in [6.45, 7) is 7.01. The number of rotatable bonds is 4. The molecule has 0 radical (unpaired) electrons. The highest BCUT2D eigenvalue weighted by molar-refractivity contribution is 5.79. The molecule has 1 heterocycles. The average molecular weight is 268 g/mol. The van der Waals surface area contributed by atoms with E-state index in [1.807, 2.05) is 6.92 Å². The van der Waals surface area contributed by atoms with E-state index in [0.29, 0.717) is 23.1 Å². The molecule has 0 bridgehead atoms. The molecule has 1 aromatic rings. The van der Waals surface area contributed by atoms with Gasteiger partial charge in [-0.1, -0.05) is 19.6 Å². The van der Waals surface area contributed by atoms with Crippen molar-refractivity contribution in [2.75, 3.05) is 0 Å². The summed E-state index contributed by atoms with van der Waals surface area (Å²) in [6, 6.07) is 1.61. The van der Waals surface area contributed by atoms with Crippen molar-refractivity contribution in [2.24, 2.45) is 0 Å². The molecule has 0 unspecified atom stereocenters. The Labute approximate surface area is 110 Å². The summed E-state index contributed by atoms with van der Waals surface area (Å²) in [4.78, 5) is 0. The number of allylic oxidation sites excluding steroid dienone is 5. The van der Waals surface area contributed by atoms with Crippen molar-refractivity contribution in [3.05, 3.63) is 53.9 Å². The average Bonchev–Trinajstić information content (AvgIpc) is 2.38. The summed E-state index contributed by atoms with van der Waals surface area (Å²) in [7, 11) is 0. The third kappa shape index (κ3) is 4.05. The first kappa shape index (κ1) is 15.1. The van der Waals surface area contributed by atoms with Crippen LogP contribution in [0.15, 0.2) is 48.3 Å². The number of alkyl halides is 3. The lowest BCUT2D eigenvalue weighted by molar-refractivity contribution is -0.0882.